The van der Waals surface area contributed by atoms with Crippen molar-refractivity contribution in [1.82, 2.24) is 10.3 Å². The second kappa shape index (κ2) is 6.70. The van der Waals surface area contributed by atoms with Gasteiger partial charge in [-0.05, 0) is 18.6 Å². The Hall–Kier alpha value is -2.90. The fourth-order valence-corrected chi connectivity index (χ4v) is 1.89. The van der Waals surface area contributed by atoms with Crippen molar-refractivity contribution in [2.24, 2.45) is 5.73 Å². The van der Waals surface area contributed by atoms with E-state index in [4.69, 9.17) is 15.6 Å². The highest BCUT2D eigenvalue weighted by Gasteiger charge is 2.16. The maximum Gasteiger partial charge on any atom is 0.348 e. The van der Waals surface area contributed by atoms with Crippen LogP contribution in [0.15, 0.2) is 33.5 Å². The highest BCUT2D eigenvalue weighted by molar-refractivity contribution is 5.91. The molecule has 0 aliphatic rings. The summed E-state index contributed by atoms with van der Waals surface area (Å²) in [5.74, 6) is -0.376. The molecule has 116 valence electrons. The molecule has 2 rings (SSSR count). The normalized spacial score (nSPS) is 10.4. The van der Waals surface area contributed by atoms with Crippen LogP contribution in [0.1, 0.15) is 12.8 Å². The van der Waals surface area contributed by atoms with Gasteiger partial charge in [-0.15, -0.1) is 0 Å². The van der Waals surface area contributed by atoms with Gasteiger partial charge in [0.05, 0.1) is 10.9 Å². The smallest absolute Gasteiger partial charge is 0.348 e. The zero-order chi connectivity index (χ0) is 16.1. The van der Waals surface area contributed by atoms with Crippen LogP contribution in [0.5, 0.6) is 0 Å². The highest BCUT2D eigenvalue weighted by Crippen LogP contribution is 2.14. The summed E-state index contributed by atoms with van der Waals surface area (Å²) >= 11 is 0. The summed E-state index contributed by atoms with van der Waals surface area (Å²) in [7, 11) is 1.50. The van der Waals surface area contributed by atoms with E-state index in [0.717, 1.165) is 0 Å². The lowest BCUT2D eigenvalue weighted by Gasteiger charge is -2.14. The third-order valence-corrected chi connectivity index (χ3v) is 3.07. The fourth-order valence-electron chi connectivity index (χ4n) is 1.89. The van der Waals surface area contributed by atoms with Crippen LogP contribution in [0.4, 0.5) is 6.01 Å². The molecular weight excluding hydrogens is 286 g/mol. The number of carbonyl (C=O) groups is 1. The molecule has 0 aliphatic heterocycles. The predicted octanol–water partition coefficient (Wildman–Crippen LogP) is 0.414. The molecule has 0 atom stereocenters. The maximum atomic E-state index is 12.0. The van der Waals surface area contributed by atoms with Crippen molar-refractivity contribution in [1.29, 1.82) is 5.41 Å². The summed E-state index contributed by atoms with van der Waals surface area (Å²) in [5.41, 5.74) is 5.10. The van der Waals surface area contributed by atoms with E-state index >= 15 is 0 Å². The molecule has 4 N–H and O–H groups in total. The van der Waals surface area contributed by atoms with E-state index in [-0.39, 0.29) is 24.3 Å². The molecular formula is C14H17N5O3. The van der Waals surface area contributed by atoms with E-state index in [1.165, 1.54) is 11.9 Å². The molecule has 0 unspecified atom stereocenters. The van der Waals surface area contributed by atoms with Crippen LogP contribution in [-0.2, 0) is 4.79 Å². The summed E-state index contributed by atoms with van der Waals surface area (Å²) in [5, 5.41) is 10.00. The minimum absolute atomic E-state index is 0.0340. The van der Waals surface area contributed by atoms with E-state index in [1.807, 2.05) is 0 Å². The number of benzene rings is 1. The lowest BCUT2D eigenvalue weighted by Crippen LogP contribution is -2.32. The van der Waals surface area contributed by atoms with Crippen molar-refractivity contribution in [2.45, 2.75) is 12.8 Å². The van der Waals surface area contributed by atoms with Crippen molar-refractivity contribution >= 4 is 28.8 Å². The molecule has 1 heterocycles. The Morgan fingerprint density at radius 1 is 1.45 bits per heavy atom. The van der Waals surface area contributed by atoms with Crippen LogP contribution in [0.2, 0.25) is 0 Å². The van der Waals surface area contributed by atoms with Gasteiger partial charge in [0, 0.05) is 20.0 Å². The number of carbonyl (C=O) groups excluding carboxylic acids is 1. The van der Waals surface area contributed by atoms with Gasteiger partial charge in [0.2, 0.25) is 5.91 Å². The van der Waals surface area contributed by atoms with Gasteiger partial charge in [-0.25, -0.2) is 4.79 Å². The average molecular weight is 303 g/mol. The number of nitrogens with two attached hydrogens (primary N) is 1. The first kappa shape index (κ1) is 15.5. The van der Waals surface area contributed by atoms with Crippen molar-refractivity contribution in [3.05, 3.63) is 34.7 Å². The minimum atomic E-state index is -0.529. The molecule has 0 saturated carbocycles. The minimum Gasteiger partial charge on any atom is -0.388 e. The Labute approximate surface area is 126 Å². The zero-order valence-corrected chi connectivity index (χ0v) is 12.1. The largest absolute Gasteiger partial charge is 0.388 e. The van der Waals surface area contributed by atoms with Crippen molar-refractivity contribution in [3.63, 3.8) is 0 Å². The van der Waals surface area contributed by atoms with Gasteiger partial charge in [0.25, 0.3) is 0 Å². The number of nitrogens with one attached hydrogen (secondary N) is 2. The third-order valence-electron chi connectivity index (χ3n) is 3.07. The first-order valence-electron chi connectivity index (χ1n) is 6.73. The second-order valence-electron chi connectivity index (χ2n) is 4.70. The molecule has 0 aliphatic carbocycles. The number of fused-ring (bicyclic) bond motifs is 1. The first-order valence-corrected chi connectivity index (χ1v) is 6.73. The Balaban J connectivity index is 2.09. The number of aromatic nitrogens is 1. The number of anilines is 1. The Morgan fingerprint density at radius 2 is 2.18 bits per heavy atom. The Morgan fingerprint density at radius 3 is 2.91 bits per heavy atom. The van der Waals surface area contributed by atoms with Crippen molar-refractivity contribution in [2.75, 3.05) is 18.5 Å². The number of guanidine groups is 1. The molecule has 1 amide bonds. The molecule has 8 heteroatoms. The van der Waals surface area contributed by atoms with E-state index in [1.54, 1.807) is 24.3 Å². The SMILES string of the molecule is CN(C(=O)CCCNC(=N)N)c1nc2ccccc2c(=O)o1. The molecule has 0 bridgehead atoms. The zero-order valence-electron chi connectivity index (χ0n) is 12.1. The monoisotopic (exact) mass is 303 g/mol. The number of rotatable bonds is 5. The summed E-state index contributed by atoms with van der Waals surface area (Å²) in [6, 6.07) is 6.75. The van der Waals surface area contributed by atoms with Gasteiger partial charge in [-0.1, -0.05) is 12.1 Å². The van der Waals surface area contributed by atoms with E-state index in [9.17, 15) is 9.59 Å². The molecule has 0 saturated heterocycles. The molecule has 0 radical (unpaired) electrons. The Kier molecular flexibility index (Phi) is 4.72. The topological polar surface area (TPSA) is 125 Å². The van der Waals surface area contributed by atoms with Crippen LogP contribution in [-0.4, -0.2) is 30.4 Å². The first-order chi connectivity index (χ1) is 10.5. The predicted molar refractivity (Wildman–Crippen MR) is 82.8 cm³/mol. The van der Waals surface area contributed by atoms with Gasteiger partial charge < -0.3 is 15.5 Å². The summed E-state index contributed by atoms with van der Waals surface area (Å²) in [4.78, 5) is 29.3. The number of hydrogen-bond acceptors (Lipinski definition) is 5. The second-order valence-corrected chi connectivity index (χ2v) is 4.70. The average Bonchev–Trinajstić information content (AvgIpc) is 2.50. The van der Waals surface area contributed by atoms with E-state index in [0.29, 0.717) is 23.9 Å². The van der Waals surface area contributed by atoms with Crippen molar-refractivity contribution in [3.8, 4) is 0 Å². The number of nitrogens with zero attached hydrogens (tertiary/aromatic N) is 2. The quantitative estimate of drug-likeness (QED) is 0.417. The highest BCUT2D eigenvalue weighted by atomic mass is 16.4. The van der Waals surface area contributed by atoms with Crippen LogP contribution in [0.25, 0.3) is 10.9 Å². The summed E-state index contributed by atoms with van der Waals surface area (Å²) in [6.45, 7) is 0.421. The van der Waals surface area contributed by atoms with Gasteiger partial charge in [-0.2, -0.15) is 4.98 Å². The fraction of sp³-hybridized carbons (Fsp3) is 0.286. The molecule has 2 aromatic rings. The molecule has 1 aromatic heterocycles. The van der Waals surface area contributed by atoms with Gasteiger partial charge in [0.1, 0.15) is 0 Å². The number of amides is 1. The van der Waals surface area contributed by atoms with Crippen LogP contribution < -0.4 is 21.6 Å². The lowest BCUT2D eigenvalue weighted by atomic mass is 10.2. The molecule has 8 nitrogen and oxygen atoms in total. The van der Waals surface area contributed by atoms with Gasteiger partial charge in [-0.3, -0.25) is 15.1 Å². The number of hydrogen-bond donors (Lipinski definition) is 3. The van der Waals surface area contributed by atoms with Crippen LogP contribution >= 0.6 is 0 Å². The molecule has 1 aromatic carbocycles. The lowest BCUT2D eigenvalue weighted by molar-refractivity contribution is -0.118. The standard InChI is InChI=1S/C14H17N5O3/c1-19(11(20)7-4-8-17-13(15)16)14-18-10-6-3-2-5-9(10)12(21)22-14/h2-3,5-6H,4,7-8H2,1H3,(H4,15,16,17). The molecule has 0 spiro atoms. The summed E-state index contributed by atoms with van der Waals surface area (Å²) < 4.78 is 5.09. The van der Waals surface area contributed by atoms with E-state index in [2.05, 4.69) is 10.3 Å². The molecule has 0 fully saturated rings. The van der Waals surface area contributed by atoms with Crippen molar-refractivity contribution < 1.29 is 9.21 Å². The summed E-state index contributed by atoms with van der Waals surface area (Å²) in [6.07, 6.45) is 0.718. The number of para-hydroxylation sites is 1. The molecule has 22 heavy (non-hydrogen) atoms. The van der Waals surface area contributed by atoms with E-state index < -0.39 is 5.63 Å². The maximum absolute atomic E-state index is 12.0. The van der Waals surface area contributed by atoms with Crippen LogP contribution in [0.3, 0.4) is 0 Å². The third kappa shape index (κ3) is 3.60. The van der Waals surface area contributed by atoms with Crippen LogP contribution in [0, 0.1) is 5.41 Å². The van der Waals surface area contributed by atoms with Gasteiger partial charge in [0.15, 0.2) is 5.96 Å². The van der Waals surface area contributed by atoms with Gasteiger partial charge >= 0.3 is 11.6 Å². The Bertz CT molecular complexity index is 755.